The van der Waals surface area contributed by atoms with E-state index in [0.717, 1.165) is 74.3 Å². The van der Waals surface area contributed by atoms with Crippen molar-refractivity contribution in [1.82, 2.24) is 15.0 Å². The molecule has 33 heavy (non-hydrogen) atoms. The fourth-order valence-corrected chi connectivity index (χ4v) is 3.96. The van der Waals surface area contributed by atoms with Gasteiger partial charge in [-0.15, -0.1) is 0 Å². The van der Waals surface area contributed by atoms with E-state index in [1.807, 2.05) is 24.5 Å². The molecule has 0 saturated heterocycles. The molecule has 1 aliphatic rings. The Labute approximate surface area is 200 Å². The summed E-state index contributed by atoms with van der Waals surface area (Å²) in [4.78, 5) is 13.6. The molecule has 1 aliphatic carbocycles. The van der Waals surface area contributed by atoms with E-state index in [4.69, 9.17) is 9.47 Å². The van der Waals surface area contributed by atoms with Crippen molar-refractivity contribution >= 4 is 0 Å². The lowest BCUT2D eigenvalue weighted by atomic mass is 10.1. The Morgan fingerprint density at radius 2 is 1.48 bits per heavy atom. The van der Waals surface area contributed by atoms with Crippen molar-refractivity contribution in [2.45, 2.75) is 96.8 Å². The van der Waals surface area contributed by atoms with Gasteiger partial charge in [0.1, 0.15) is 11.4 Å². The first-order valence-electron chi connectivity index (χ1n) is 13.3. The third kappa shape index (κ3) is 11.1. The quantitative estimate of drug-likeness (QED) is 0.211. The minimum atomic E-state index is 0.767. The standard InChI is InChI=1S/C28H43N3O2/c1-2-3-4-9-18-32-19-11-8-13-25-21-30-28(23-29-25)27-17-16-26(22-31-27)33-20-10-6-5-7-12-24-14-15-24/h16-17,21-24H,2-15,18-20H2,1H3. The maximum Gasteiger partial charge on any atom is 0.137 e. The first kappa shape index (κ1) is 25.6. The Morgan fingerprint density at radius 3 is 2.21 bits per heavy atom. The highest BCUT2D eigenvalue weighted by molar-refractivity contribution is 5.53. The van der Waals surface area contributed by atoms with Gasteiger partial charge in [-0.1, -0.05) is 64.7 Å². The zero-order valence-corrected chi connectivity index (χ0v) is 20.6. The summed E-state index contributed by atoms with van der Waals surface area (Å²) in [6.45, 7) is 4.74. The molecule has 0 aromatic carbocycles. The number of pyridine rings is 1. The molecule has 0 atom stereocenters. The fourth-order valence-electron chi connectivity index (χ4n) is 3.96. The van der Waals surface area contributed by atoms with E-state index >= 15 is 0 Å². The molecule has 0 bridgehead atoms. The van der Waals surface area contributed by atoms with Crippen LogP contribution < -0.4 is 4.74 Å². The zero-order valence-electron chi connectivity index (χ0n) is 20.6. The van der Waals surface area contributed by atoms with Crippen LogP contribution in [-0.4, -0.2) is 34.8 Å². The molecule has 3 rings (SSSR count). The number of aryl methyl sites for hydroxylation is 1. The number of rotatable bonds is 19. The molecule has 0 N–H and O–H groups in total. The van der Waals surface area contributed by atoms with Crippen LogP contribution in [0.3, 0.4) is 0 Å². The molecule has 1 saturated carbocycles. The number of nitrogens with zero attached hydrogens (tertiary/aromatic N) is 3. The summed E-state index contributed by atoms with van der Waals surface area (Å²) >= 11 is 0. The van der Waals surface area contributed by atoms with Crippen molar-refractivity contribution in [3.05, 3.63) is 36.4 Å². The summed E-state index contributed by atoms with van der Waals surface area (Å²) < 4.78 is 11.6. The molecule has 0 amide bonds. The lowest BCUT2D eigenvalue weighted by Crippen LogP contribution is -2.00. The normalized spacial score (nSPS) is 13.4. The Hall–Kier alpha value is -2.01. The second kappa shape index (κ2) is 15.8. The van der Waals surface area contributed by atoms with Gasteiger partial charge >= 0.3 is 0 Å². The number of unbranched alkanes of at least 4 members (excludes halogenated alkanes) is 7. The van der Waals surface area contributed by atoms with Crippen LogP contribution in [0.25, 0.3) is 11.4 Å². The van der Waals surface area contributed by atoms with Crippen LogP contribution in [0.15, 0.2) is 30.7 Å². The van der Waals surface area contributed by atoms with E-state index in [2.05, 4.69) is 21.9 Å². The van der Waals surface area contributed by atoms with Crippen molar-refractivity contribution in [3.63, 3.8) is 0 Å². The van der Waals surface area contributed by atoms with E-state index in [0.29, 0.717) is 0 Å². The van der Waals surface area contributed by atoms with Crippen LogP contribution in [-0.2, 0) is 11.2 Å². The van der Waals surface area contributed by atoms with Crippen LogP contribution in [0.5, 0.6) is 5.75 Å². The Kier molecular flexibility index (Phi) is 12.2. The van der Waals surface area contributed by atoms with Gasteiger partial charge in [-0.2, -0.15) is 0 Å². The topological polar surface area (TPSA) is 57.1 Å². The lowest BCUT2D eigenvalue weighted by Gasteiger charge is -2.07. The summed E-state index contributed by atoms with van der Waals surface area (Å²) in [7, 11) is 0. The third-order valence-electron chi connectivity index (χ3n) is 6.29. The van der Waals surface area contributed by atoms with Gasteiger partial charge in [0, 0.05) is 19.4 Å². The van der Waals surface area contributed by atoms with Crippen LogP contribution in [0, 0.1) is 5.92 Å². The van der Waals surface area contributed by atoms with Gasteiger partial charge in [-0.05, 0) is 50.2 Å². The van der Waals surface area contributed by atoms with Crippen molar-refractivity contribution in [3.8, 4) is 17.1 Å². The largest absolute Gasteiger partial charge is 0.492 e. The number of aromatic nitrogens is 3. The summed E-state index contributed by atoms with van der Waals surface area (Å²) in [6.07, 6.45) is 23.1. The minimum Gasteiger partial charge on any atom is -0.492 e. The highest BCUT2D eigenvalue weighted by atomic mass is 16.5. The Morgan fingerprint density at radius 1 is 0.727 bits per heavy atom. The molecule has 5 heteroatoms. The SMILES string of the molecule is CCCCCCOCCCCc1cnc(-c2ccc(OCCCCCCC3CC3)cn2)cn1. The second-order valence-corrected chi connectivity index (χ2v) is 9.40. The smallest absolute Gasteiger partial charge is 0.137 e. The Bertz CT molecular complexity index is 745. The lowest BCUT2D eigenvalue weighted by molar-refractivity contribution is 0.126. The molecule has 182 valence electrons. The molecule has 1 fully saturated rings. The van der Waals surface area contributed by atoms with Gasteiger partial charge in [-0.3, -0.25) is 15.0 Å². The summed E-state index contributed by atoms with van der Waals surface area (Å²) in [5, 5.41) is 0. The molecule has 5 nitrogen and oxygen atoms in total. The predicted molar refractivity (Wildman–Crippen MR) is 134 cm³/mol. The maximum absolute atomic E-state index is 5.84. The summed E-state index contributed by atoms with van der Waals surface area (Å²) in [5.74, 6) is 1.88. The first-order valence-corrected chi connectivity index (χ1v) is 13.3. The Balaban J connectivity index is 1.25. The molecule has 2 aromatic rings. The molecule has 0 aliphatic heterocycles. The zero-order chi connectivity index (χ0) is 23.0. The third-order valence-corrected chi connectivity index (χ3v) is 6.29. The fraction of sp³-hybridized carbons (Fsp3) is 0.679. The molecular weight excluding hydrogens is 410 g/mol. The van der Waals surface area contributed by atoms with Gasteiger partial charge in [0.25, 0.3) is 0 Å². The van der Waals surface area contributed by atoms with E-state index in [1.54, 1.807) is 6.20 Å². The average molecular weight is 454 g/mol. The number of hydrogen-bond acceptors (Lipinski definition) is 5. The van der Waals surface area contributed by atoms with Crippen molar-refractivity contribution in [2.75, 3.05) is 19.8 Å². The summed E-state index contributed by atoms with van der Waals surface area (Å²) in [5.41, 5.74) is 2.66. The van der Waals surface area contributed by atoms with Crippen LogP contribution in [0.4, 0.5) is 0 Å². The molecule has 2 heterocycles. The predicted octanol–water partition coefficient (Wildman–Crippen LogP) is 7.20. The van der Waals surface area contributed by atoms with Crippen LogP contribution in [0.2, 0.25) is 0 Å². The van der Waals surface area contributed by atoms with Gasteiger partial charge in [0.15, 0.2) is 0 Å². The van der Waals surface area contributed by atoms with Crippen LogP contribution in [0.1, 0.15) is 96.1 Å². The average Bonchev–Trinajstić information content (AvgIpc) is 3.68. The number of ether oxygens (including phenoxy) is 2. The highest BCUT2D eigenvalue weighted by Gasteiger charge is 2.19. The highest BCUT2D eigenvalue weighted by Crippen LogP contribution is 2.34. The minimum absolute atomic E-state index is 0.767. The van der Waals surface area contributed by atoms with Gasteiger partial charge < -0.3 is 9.47 Å². The van der Waals surface area contributed by atoms with Gasteiger partial charge in [-0.25, -0.2) is 0 Å². The van der Waals surface area contributed by atoms with Gasteiger partial charge in [0.05, 0.1) is 30.4 Å². The van der Waals surface area contributed by atoms with E-state index in [9.17, 15) is 0 Å². The van der Waals surface area contributed by atoms with Crippen molar-refractivity contribution in [1.29, 1.82) is 0 Å². The van der Waals surface area contributed by atoms with Gasteiger partial charge in [0.2, 0.25) is 0 Å². The molecular formula is C28H43N3O2. The van der Waals surface area contributed by atoms with Crippen molar-refractivity contribution in [2.24, 2.45) is 5.92 Å². The molecule has 0 spiro atoms. The van der Waals surface area contributed by atoms with E-state index in [1.165, 1.54) is 64.2 Å². The first-order chi connectivity index (χ1) is 16.3. The van der Waals surface area contributed by atoms with Crippen LogP contribution >= 0.6 is 0 Å². The monoisotopic (exact) mass is 453 g/mol. The molecule has 0 unspecified atom stereocenters. The van der Waals surface area contributed by atoms with E-state index < -0.39 is 0 Å². The number of hydrogen-bond donors (Lipinski definition) is 0. The molecule has 2 aromatic heterocycles. The molecule has 0 radical (unpaired) electrons. The maximum atomic E-state index is 5.84. The summed E-state index contributed by atoms with van der Waals surface area (Å²) in [6, 6.07) is 3.94. The van der Waals surface area contributed by atoms with Crippen molar-refractivity contribution < 1.29 is 9.47 Å². The van der Waals surface area contributed by atoms with E-state index in [-0.39, 0.29) is 0 Å². The second-order valence-electron chi connectivity index (χ2n) is 9.40.